The lowest BCUT2D eigenvalue weighted by molar-refractivity contribution is -0.121. The first kappa shape index (κ1) is 13.0. The molecule has 2 aromatic rings. The Morgan fingerprint density at radius 1 is 1.40 bits per heavy atom. The molecule has 1 amide bonds. The van der Waals surface area contributed by atoms with Gasteiger partial charge in [0.2, 0.25) is 5.13 Å². The van der Waals surface area contributed by atoms with Gasteiger partial charge in [0.05, 0.1) is 4.91 Å². The van der Waals surface area contributed by atoms with Crippen LogP contribution >= 0.6 is 23.1 Å². The van der Waals surface area contributed by atoms with E-state index in [9.17, 15) is 4.79 Å². The maximum Gasteiger partial charge on any atom is 0.266 e. The fraction of sp³-hybridized carbons (Fsp3) is 0.0769. The van der Waals surface area contributed by atoms with E-state index < -0.39 is 0 Å². The van der Waals surface area contributed by atoms with Crippen molar-refractivity contribution in [2.45, 2.75) is 0 Å². The van der Waals surface area contributed by atoms with Gasteiger partial charge in [0.15, 0.2) is 5.17 Å². The summed E-state index contributed by atoms with van der Waals surface area (Å²) in [5, 5.41) is 3.14. The van der Waals surface area contributed by atoms with Crippen LogP contribution in [0.25, 0.3) is 6.08 Å². The van der Waals surface area contributed by atoms with Crippen LogP contribution in [0.15, 0.2) is 46.0 Å². The Balaban J connectivity index is 1.89. The van der Waals surface area contributed by atoms with E-state index >= 15 is 0 Å². The average molecular weight is 302 g/mol. The van der Waals surface area contributed by atoms with Crippen molar-refractivity contribution in [2.24, 2.45) is 4.99 Å². The van der Waals surface area contributed by atoms with Crippen LogP contribution in [0.2, 0.25) is 0 Å². The van der Waals surface area contributed by atoms with Crippen molar-refractivity contribution in [3.05, 3.63) is 46.6 Å². The van der Waals surface area contributed by atoms with Crippen molar-refractivity contribution in [3.8, 4) is 0 Å². The Kier molecular flexibility index (Phi) is 3.62. The molecule has 0 radical (unpaired) electrons. The van der Waals surface area contributed by atoms with Gasteiger partial charge in [-0.25, -0.2) is 4.98 Å². The first-order valence-corrected chi connectivity index (χ1v) is 7.49. The third-order valence-electron chi connectivity index (χ3n) is 2.60. The van der Waals surface area contributed by atoms with Gasteiger partial charge in [-0.1, -0.05) is 6.07 Å². The van der Waals surface area contributed by atoms with E-state index in [0.717, 1.165) is 5.56 Å². The van der Waals surface area contributed by atoms with Gasteiger partial charge in [-0.05, 0) is 29.5 Å². The van der Waals surface area contributed by atoms with Crippen molar-refractivity contribution in [1.29, 1.82) is 0 Å². The normalized spacial score (nSPS) is 19.2. The molecule has 3 rings (SSSR count). The Labute approximate surface area is 124 Å². The zero-order chi connectivity index (χ0) is 13.9. The third kappa shape index (κ3) is 2.63. The molecule has 7 heteroatoms. The average Bonchev–Trinajstić information content (AvgIpc) is 3.06. The number of nitrogens with zero attached hydrogens (tertiary/aromatic N) is 4. The second-order valence-electron chi connectivity index (χ2n) is 3.97. The Morgan fingerprint density at radius 2 is 2.30 bits per heavy atom. The first-order valence-electron chi connectivity index (χ1n) is 5.80. The molecule has 1 aliphatic heterocycles. The highest BCUT2D eigenvalue weighted by Gasteiger charge is 2.30. The number of hydrogen-bond acceptors (Lipinski definition) is 6. The quantitative estimate of drug-likeness (QED) is 0.800. The Bertz CT molecular complexity index is 680. The van der Waals surface area contributed by atoms with Crippen molar-refractivity contribution in [2.75, 3.05) is 7.05 Å². The minimum atomic E-state index is -0.0610. The standard InChI is InChI=1S/C13H10N4OS2/c1-17-11(18)10(7-9-3-2-4-14-8-9)20-13(17)16-12-15-5-6-19-12/h2-8H,1H3/b10-7-,16-13+. The van der Waals surface area contributed by atoms with Gasteiger partial charge >= 0.3 is 0 Å². The summed E-state index contributed by atoms with van der Waals surface area (Å²) in [5.74, 6) is -0.0610. The van der Waals surface area contributed by atoms with Crippen LogP contribution in [0.3, 0.4) is 0 Å². The number of thioether (sulfide) groups is 1. The third-order valence-corrected chi connectivity index (χ3v) is 4.32. The predicted octanol–water partition coefficient (Wildman–Crippen LogP) is 2.77. The summed E-state index contributed by atoms with van der Waals surface area (Å²) in [6.45, 7) is 0. The van der Waals surface area contributed by atoms with E-state index in [4.69, 9.17) is 0 Å². The summed E-state index contributed by atoms with van der Waals surface area (Å²) in [6, 6.07) is 3.74. The lowest BCUT2D eigenvalue weighted by Gasteiger charge is -2.05. The van der Waals surface area contributed by atoms with Crippen LogP contribution in [0, 0.1) is 0 Å². The molecule has 1 aliphatic rings. The summed E-state index contributed by atoms with van der Waals surface area (Å²) in [6.07, 6.45) is 6.93. The van der Waals surface area contributed by atoms with E-state index in [1.54, 1.807) is 25.6 Å². The number of carbonyl (C=O) groups is 1. The molecule has 1 saturated heterocycles. The molecule has 3 heterocycles. The lowest BCUT2D eigenvalue weighted by Crippen LogP contribution is -2.23. The number of thiazole rings is 1. The minimum absolute atomic E-state index is 0.0610. The molecule has 0 aliphatic carbocycles. The van der Waals surface area contributed by atoms with E-state index in [0.29, 0.717) is 15.2 Å². The number of amides is 1. The molecule has 1 fully saturated rings. The van der Waals surface area contributed by atoms with Gasteiger partial charge in [-0.2, -0.15) is 4.99 Å². The molecule has 0 N–H and O–H groups in total. The second-order valence-corrected chi connectivity index (χ2v) is 5.85. The van der Waals surface area contributed by atoms with Crippen molar-refractivity contribution in [1.82, 2.24) is 14.9 Å². The number of pyridine rings is 1. The van der Waals surface area contributed by atoms with Crippen LogP contribution in [0.4, 0.5) is 5.13 Å². The number of hydrogen-bond donors (Lipinski definition) is 0. The molecule has 0 atom stereocenters. The summed E-state index contributed by atoms with van der Waals surface area (Å²) in [7, 11) is 1.71. The second kappa shape index (κ2) is 5.56. The Hall–Kier alpha value is -1.99. The van der Waals surface area contributed by atoms with Crippen LogP contribution in [-0.4, -0.2) is 33.0 Å². The highest BCUT2D eigenvalue weighted by atomic mass is 32.2. The van der Waals surface area contributed by atoms with E-state index in [1.165, 1.54) is 28.0 Å². The summed E-state index contributed by atoms with van der Waals surface area (Å²) in [5.41, 5.74) is 0.896. The van der Waals surface area contributed by atoms with Gasteiger partial charge in [0.1, 0.15) is 0 Å². The predicted molar refractivity (Wildman–Crippen MR) is 81.8 cm³/mol. The van der Waals surface area contributed by atoms with Gasteiger partial charge in [0, 0.05) is 31.0 Å². The highest BCUT2D eigenvalue weighted by molar-refractivity contribution is 8.18. The van der Waals surface area contributed by atoms with Crippen LogP contribution in [-0.2, 0) is 4.79 Å². The van der Waals surface area contributed by atoms with Gasteiger partial charge in [-0.3, -0.25) is 14.7 Å². The van der Waals surface area contributed by atoms with Crippen LogP contribution in [0.5, 0.6) is 0 Å². The van der Waals surface area contributed by atoms with E-state index in [-0.39, 0.29) is 5.91 Å². The molecule has 0 saturated carbocycles. The molecule has 100 valence electrons. The summed E-state index contributed by atoms with van der Waals surface area (Å²) >= 11 is 2.79. The first-order chi connectivity index (χ1) is 9.74. The van der Waals surface area contributed by atoms with Crippen LogP contribution in [0.1, 0.15) is 5.56 Å². The minimum Gasteiger partial charge on any atom is -0.289 e. The van der Waals surface area contributed by atoms with Gasteiger partial charge in [-0.15, -0.1) is 11.3 Å². The van der Waals surface area contributed by atoms with Gasteiger partial charge in [0.25, 0.3) is 5.91 Å². The van der Waals surface area contributed by atoms with E-state index in [2.05, 4.69) is 15.0 Å². The van der Waals surface area contributed by atoms with Crippen molar-refractivity contribution >= 4 is 45.4 Å². The fourth-order valence-corrected chi connectivity index (χ4v) is 3.15. The van der Waals surface area contributed by atoms with Crippen LogP contribution < -0.4 is 0 Å². The lowest BCUT2D eigenvalue weighted by atomic mass is 10.2. The molecule has 0 spiro atoms. The molecule has 2 aromatic heterocycles. The summed E-state index contributed by atoms with van der Waals surface area (Å²) < 4.78 is 0. The van der Waals surface area contributed by atoms with Crippen molar-refractivity contribution < 1.29 is 4.79 Å². The van der Waals surface area contributed by atoms with Gasteiger partial charge < -0.3 is 0 Å². The molecule has 5 nitrogen and oxygen atoms in total. The number of rotatable bonds is 2. The monoisotopic (exact) mass is 302 g/mol. The zero-order valence-electron chi connectivity index (χ0n) is 10.6. The number of aliphatic imine (C=N–C) groups is 1. The summed E-state index contributed by atoms with van der Waals surface area (Å²) in [4.78, 5) is 26.8. The van der Waals surface area contributed by atoms with Crippen molar-refractivity contribution in [3.63, 3.8) is 0 Å². The smallest absolute Gasteiger partial charge is 0.266 e. The molecular weight excluding hydrogens is 292 g/mol. The molecule has 0 unspecified atom stereocenters. The maximum atomic E-state index is 12.2. The number of aromatic nitrogens is 2. The topological polar surface area (TPSA) is 58.5 Å². The molecule has 20 heavy (non-hydrogen) atoms. The maximum absolute atomic E-state index is 12.2. The number of amidine groups is 1. The molecule has 0 bridgehead atoms. The highest BCUT2D eigenvalue weighted by Crippen LogP contribution is 2.33. The fourth-order valence-electron chi connectivity index (χ4n) is 1.62. The molecule has 0 aromatic carbocycles. The number of likely N-dealkylation sites (N-methyl/N-ethyl adjacent to an activating group) is 1. The Morgan fingerprint density at radius 3 is 3.00 bits per heavy atom. The zero-order valence-corrected chi connectivity index (χ0v) is 12.2. The van der Waals surface area contributed by atoms with E-state index in [1.807, 2.05) is 23.6 Å². The largest absolute Gasteiger partial charge is 0.289 e. The SMILES string of the molecule is CN1C(=O)/C(=C/c2cccnc2)S/C1=N/c1nccs1. The number of carbonyl (C=O) groups excluding carboxylic acids is 1. The molecular formula is C13H10N4OS2.